The van der Waals surface area contributed by atoms with Crippen LogP contribution in [0.25, 0.3) is 0 Å². The van der Waals surface area contributed by atoms with Gasteiger partial charge < -0.3 is 24.8 Å². The molecule has 2 aromatic rings. The van der Waals surface area contributed by atoms with Gasteiger partial charge in [-0.05, 0) is 36.1 Å². The Morgan fingerprint density at radius 1 is 1.17 bits per heavy atom. The highest BCUT2D eigenvalue weighted by Gasteiger charge is 2.20. The number of nitrogens with zero attached hydrogens (tertiary/aromatic N) is 3. The SMILES string of the molecule is CCNC(=NCc1cc(OC)c(O)c(OC)c1)N1CCN(Cc2cccs2)CC1.I. The van der Waals surface area contributed by atoms with Crippen molar-refractivity contribution < 1.29 is 14.6 Å². The van der Waals surface area contributed by atoms with Crippen LogP contribution < -0.4 is 14.8 Å². The number of phenolic OH excluding ortho intramolecular Hbond substituents is 1. The van der Waals surface area contributed by atoms with Gasteiger partial charge in [0, 0.05) is 44.1 Å². The Balaban J connectivity index is 0.00000320. The van der Waals surface area contributed by atoms with Gasteiger partial charge in [-0.25, -0.2) is 4.99 Å². The second kappa shape index (κ2) is 12.2. The lowest BCUT2D eigenvalue weighted by Gasteiger charge is -2.36. The second-order valence-corrected chi connectivity index (χ2v) is 7.89. The van der Waals surface area contributed by atoms with Crippen LogP contribution in [-0.2, 0) is 13.1 Å². The molecule has 1 aliphatic heterocycles. The van der Waals surface area contributed by atoms with E-state index in [-0.39, 0.29) is 29.7 Å². The number of aliphatic imine (C=N–C) groups is 1. The van der Waals surface area contributed by atoms with Crippen LogP contribution in [0.5, 0.6) is 17.2 Å². The molecule has 3 rings (SSSR count). The molecule has 0 radical (unpaired) electrons. The molecule has 0 saturated carbocycles. The minimum Gasteiger partial charge on any atom is -0.502 e. The van der Waals surface area contributed by atoms with Gasteiger partial charge in [0.1, 0.15) is 0 Å². The average molecular weight is 546 g/mol. The number of hydrogen-bond acceptors (Lipinski definition) is 6. The summed E-state index contributed by atoms with van der Waals surface area (Å²) in [4.78, 5) is 11.0. The van der Waals surface area contributed by atoms with Crippen LogP contribution in [0.4, 0.5) is 0 Å². The number of nitrogens with one attached hydrogen (secondary N) is 1. The molecule has 0 bridgehead atoms. The molecule has 166 valence electrons. The highest BCUT2D eigenvalue weighted by atomic mass is 127. The van der Waals surface area contributed by atoms with Crippen molar-refractivity contribution in [1.82, 2.24) is 15.1 Å². The monoisotopic (exact) mass is 546 g/mol. The van der Waals surface area contributed by atoms with Gasteiger partial charge in [0.05, 0.1) is 20.8 Å². The van der Waals surface area contributed by atoms with Gasteiger partial charge in [0.2, 0.25) is 5.75 Å². The molecule has 9 heteroatoms. The van der Waals surface area contributed by atoms with Crippen LogP contribution in [0.3, 0.4) is 0 Å². The quantitative estimate of drug-likeness (QED) is 0.316. The number of guanidine groups is 1. The first-order chi connectivity index (χ1) is 14.1. The number of halogens is 1. The molecule has 1 aliphatic rings. The Morgan fingerprint density at radius 2 is 1.83 bits per heavy atom. The Kier molecular flexibility index (Phi) is 9.99. The molecule has 0 atom stereocenters. The number of rotatable bonds is 7. The largest absolute Gasteiger partial charge is 0.502 e. The summed E-state index contributed by atoms with van der Waals surface area (Å²) in [5.74, 6) is 1.70. The standard InChI is InChI=1S/C21H30N4O3S.HI/c1-4-22-21(23-14-16-12-18(27-2)20(26)19(13-16)28-3)25-9-7-24(8-10-25)15-17-6-5-11-29-17;/h5-6,11-13,26H,4,7-10,14-15H2,1-3H3,(H,22,23);1H. The lowest BCUT2D eigenvalue weighted by molar-refractivity contribution is 0.173. The van der Waals surface area contributed by atoms with E-state index in [0.29, 0.717) is 18.0 Å². The average Bonchev–Trinajstić information content (AvgIpc) is 3.25. The molecule has 1 fully saturated rings. The normalized spacial score (nSPS) is 14.9. The number of thiophene rings is 1. The molecule has 2 heterocycles. The first kappa shape index (κ1) is 24.5. The van der Waals surface area contributed by atoms with Crippen molar-refractivity contribution in [1.29, 1.82) is 0 Å². The van der Waals surface area contributed by atoms with Crippen molar-refractivity contribution >= 4 is 41.3 Å². The second-order valence-electron chi connectivity index (χ2n) is 6.86. The fourth-order valence-corrected chi connectivity index (χ4v) is 4.12. The van der Waals surface area contributed by atoms with Crippen LogP contribution in [0.2, 0.25) is 0 Å². The molecule has 0 unspecified atom stereocenters. The number of hydrogen-bond donors (Lipinski definition) is 2. The van der Waals surface area contributed by atoms with E-state index in [2.05, 4.69) is 39.6 Å². The third-order valence-electron chi connectivity index (χ3n) is 4.92. The molecule has 1 aromatic carbocycles. The number of phenols is 1. The molecular weight excluding hydrogens is 515 g/mol. The first-order valence-electron chi connectivity index (χ1n) is 9.86. The predicted octanol–water partition coefficient (Wildman–Crippen LogP) is 3.37. The summed E-state index contributed by atoms with van der Waals surface area (Å²) in [6.45, 7) is 8.31. The number of benzene rings is 1. The van der Waals surface area contributed by atoms with E-state index in [4.69, 9.17) is 14.5 Å². The smallest absolute Gasteiger partial charge is 0.200 e. The highest BCUT2D eigenvalue weighted by molar-refractivity contribution is 14.0. The number of aromatic hydroxyl groups is 1. The van der Waals surface area contributed by atoms with Crippen LogP contribution in [0.1, 0.15) is 17.4 Å². The molecule has 7 nitrogen and oxygen atoms in total. The number of ether oxygens (including phenoxy) is 2. The van der Waals surface area contributed by atoms with Crippen LogP contribution in [-0.4, -0.2) is 67.8 Å². The molecule has 0 aliphatic carbocycles. The van der Waals surface area contributed by atoms with E-state index >= 15 is 0 Å². The summed E-state index contributed by atoms with van der Waals surface area (Å²) in [6, 6.07) is 7.90. The van der Waals surface area contributed by atoms with Crippen LogP contribution in [0.15, 0.2) is 34.6 Å². The van der Waals surface area contributed by atoms with Crippen molar-refractivity contribution in [3.05, 3.63) is 40.1 Å². The van der Waals surface area contributed by atoms with Gasteiger partial charge >= 0.3 is 0 Å². The highest BCUT2D eigenvalue weighted by Crippen LogP contribution is 2.37. The molecule has 1 aromatic heterocycles. The van der Waals surface area contributed by atoms with Crippen molar-refractivity contribution in [2.75, 3.05) is 46.9 Å². The summed E-state index contributed by atoms with van der Waals surface area (Å²) < 4.78 is 10.5. The number of piperazine rings is 1. The number of methoxy groups -OCH3 is 2. The lowest BCUT2D eigenvalue weighted by atomic mass is 10.2. The fraction of sp³-hybridized carbons (Fsp3) is 0.476. The Labute approximate surface area is 199 Å². The maximum atomic E-state index is 10.1. The van der Waals surface area contributed by atoms with Crippen LogP contribution in [0, 0.1) is 0 Å². The van der Waals surface area contributed by atoms with Crippen molar-refractivity contribution in [2.45, 2.75) is 20.0 Å². The summed E-state index contributed by atoms with van der Waals surface area (Å²) in [5.41, 5.74) is 0.920. The van der Waals surface area contributed by atoms with Gasteiger partial charge in [-0.2, -0.15) is 0 Å². The molecule has 2 N–H and O–H groups in total. The summed E-state index contributed by atoms with van der Waals surface area (Å²) in [5, 5.41) is 15.6. The van der Waals surface area contributed by atoms with Gasteiger partial charge in [-0.15, -0.1) is 35.3 Å². The first-order valence-corrected chi connectivity index (χ1v) is 10.7. The Bertz CT molecular complexity index is 784. The summed E-state index contributed by atoms with van der Waals surface area (Å²) >= 11 is 1.81. The minimum absolute atomic E-state index is 0. The fourth-order valence-electron chi connectivity index (χ4n) is 3.37. The van der Waals surface area contributed by atoms with Crippen molar-refractivity contribution in [2.24, 2.45) is 4.99 Å². The third kappa shape index (κ3) is 6.39. The van der Waals surface area contributed by atoms with Crippen LogP contribution >= 0.6 is 35.3 Å². The van der Waals surface area contributed by atoms with Crippen molar-refractivity contribution in [3.63, 3.8) is 0 Å². The van der Waals surface area contributed by atoms with E-state index < -0.39 is 0 Å². The maximum absolute atomic E-state index is 10.1. The zero-order chi connectivity index (χ0) is 20.6. The third-order valence-corrected chi connectivity index (χ3v) is 5.78. The molecule has 1 saturated heterocycles. The van der Waals surface area contributed by atoms with E-state index in [1.54, 1.807) is 12.1 Å². The molecular formula is C21H31IN4O3S. The predicted molar refractivity (Wildman–Crippen MR) is 133 cm³/mol. The maximum Gasteiger partial charge on any atom is 0.200 e. The Hall–Kier alpha value is -1.72. The van der Waals surface area contributed by atoms with E-state index in [9.17, 15) is 5.11 Å². The minimum atomic E-state index is 0. The molecule has 0 spiro atoms. The van der Waals surface area contributed by atoms with Gasteiger partial charge in [0.25, 0.3) is 0 Å². The van der Waals surface area contributed by atoms with E-state index in [1.165, 1.54) is 19.1 Å². The molecule has 30 heavy (non-hydrogen) atoms. The Morgan fingerprint density at radius 3 is 2.37 bits per heavy atom. The molecule has 0 amide bonds. The summed E-state index contributed by atoms with van der Waals surface area (Å²) in [7, 11) is 3.06. The van der Waals surface area contributed by atoms with Gasteiger partial charge in [0.15, 0.2) is 17.5 Å². The van der Waals surface area contributed by atoms with Crippen molar-refractivity contribution in [3.8, 4) is 17.2 Å². The summed E-state index contributed by atoms with van der Waals surface area (Å²) in [6.07, 6.45) is 0. The van der Waals surface area contributed by atoms with E-state index in [0.717, 1.165) is 50.8 Å². The zero-order valence-corrected chi connectivity index (χ0v) is 20.9. The van der Waals surface area contributed by atoms with Gasteiger partial charge in [-0.1, -0.05) is 6.07 Å². The van der Waals surface area contributed by atoms with Gasteiger partial charge in [-0.3, -0.25) is 4.90 Å². The lowest BCUT2D eigenvalue weighted by Crippen LogP contribution is -2.52. The van der Waals surface area contributed by atoms with E-state index in [1.807, 2.05) is 11.3 Å². The zero-order valence-electron chi connectivity index (χ0n) is 17.8. The topological polar surface area (TPSA) is 69.6 Å².